The molecule has 17 heavy (non-hydrogen) atoms. The molecule has 2 rings (SSSR count). The van der Waals surface area contributed by atoms with Crippen LogP contribution in [0.4, 0.5) is 5.69 Å². The van der Waals surface area contributed by atoms with Gasteiger partial charge in [0.05, 0.1) is 10.6 Å². The molecule has 1 fully saturated rings. The maximum absolute atomic E-state index is 11.7. The van der Waals surface area contributed by atoms with Crippen molar-refractivity contribution in [2.75, 3.05) is 29.6 Å². The van der Waals surface area contributed by atoms with Gasteiger partial charge in [-0.05, 0) is 24.5 Å². The molecular formula is C12H16BrNO2S. The lowest BCUT2D eigenvalue weighted by molar-refractivity contribution is 0.601. The lowest BCUT2D eigenvalue weighted by atomic mass is 10.2. The van der Waals surface area contributed by atoms with E-state index < -0.39 is 9.84 Å². The number of anilines is 1. The van der Waals surface area contributed by atoms with Crippen molar-refractivity contribution in [3.63, 3.8) is 0 Å². The van der Waals surface area contributed by atoms with Crippen LogP contribution in [0.5, 0.6) is 0 Å². The van der Waals surface area contributed by atoms with Gasteiger partial charge in [0.2, 0.25) is 0 Å². The smallest absolute Gasteiger partial charge is 0.177 e. The lowest BCUT2D eigenvalue weighted by Crippen LogP contribution is -2.22. The van der Waals surface area contributed by atoms with E-state index in [-0.39, 0.29) is 0 Å². The fourth-order valence-electron chi connectivity index (χ4n) is 2.21. The molecule has 3 nitrogen and oxygen atoms in total. The molecule has 1 heterocycles. The van der Waals surface area contributed by atoms with Gasteiger partial charge in [0.25, 0.3) is 0 Å². The van der Waals surface area contributed by atoms with Gasteiger partial charge in [0.15, 0.2) is 9.84 Å². The maximum atomic E-state index is 11.7. The van der Waals surface area contributed by atoms with E-state index in [1.54, 1.807) is 12.1 Å². The number of hydrogen-bond acceptors (Lipinski definition) is 3. The van der Waals surface area contributed by atoms with Crippen LogP contribution in [0.25, 0.3) is 0 Å². The first-order chi connectivity index (χ1) is 8.02. The molecule has 0 N–H and O–H groups in total. The van der Waals surface area contributed by atoms with Crippen LogP contribution in [0, 0.1) is 5.92 Å². The summed E-state index contributed by atoms with van der Waals surface area (Å²) in [5, 5.41) is 0.977. The van der Waals surface area contributed by atoms with E-state index in [4.69, 9.17) is 0 Å². The number of alkyl halides is 1. The van der Waals surface area contributed by atoms with Gasteiger partial charge in [0.1, 0.15) is 0 Å². The third-order valence-electron chi connectivity index (χ3n) is 3.11. The number of halogens is 1. The zero-order valence-corrected chi connectivity index (χ0v) is 12.2. The Labute approximate surface area is 111 Å². The van der Waals surface area contributed by atoms with E-state index in [1.165, 1.54) is 6.26 Å². The molecule has 1 aliphatic rings. The SMILES string of the molecule is CS(=O)(=O)c1ccccc1N1CCC(CBr)C1. The fraction of sp³-hybridized carbons (Fsp3) is 0.500. The molecule has 1 unspecified atom stereocenters. The Morgan fingerprint density at radius 1 is 1.41 bits per heavy atom. The summed E-state index contributed by atoms with van der Waals surface area (Å²) in [7, 11) is -3.15. The molecule has 0 saturated carbocycles. The average Bonchev–Trinajstić information content (AvgIpc) is 2.76. The molecule has 0 aliphatic carbocycles. The van der Waals surface area contributed by atoms with Crippen molar-refractivity contribution in [3.05, 3.63) is 24.3 Å². The quantitative estimate of drug-likeness (QED) is 0.803. The van der Waals surface area contributed by atoms with Gasteiger partial charge in [0, 0.05) is 24.7 Å². The van der Waals surface area contributed by atoms with Crippen LogP contribution in [0.15, 0.2) is 29.2 Å². The van der Waals surface area contributed by atoms with Crippen molar-refractivity contribution in [3.8, 4) is 0 Å². The number of rotatable bonds is 3. The summed E-state index contributed by atoms with van der Waals surface area (Å²) < 4.78 is 23.5. The summed E-state index contributed by atoms with van der Waals surface area (Å²) in [5.74, 6) is 0.614. The number of sulfone groups is 1. The van der Waals surface area contributed by atoms with E-state index in [0.29, 0.717) is 10.8 Å². The highest BCUT2D eigenvalue weighted by molar-refractivity contribution is 9.09. The summed E-state index contributed by atoms with van der Waals surface area (Å²) in [5.41, 5.74) is 0.846. The molecule has 1 atom stereocenters. The van der Waals surface area contributed by atoms with E-state index in [0.717, 1.165) is 30.5 Å². The van der Waals surface area contributed by atoms with Gasteiger partial charge >= 0.3 is 0 Å². The van der Waals surface area contributed by atoms with Crippen molar-refractivity contribution in [1.29, 1.82) is 0 Å². The Kier molecular flexibility index (Phi) is 3.78. The second-order valence-corrected chi connectivity index (χ2v) is 7.13. The molecular weight excluding hydrogens is 302 g/mol. The summed E-state index contributed by atoms with van der Waals surface area (Å²) in [4.78, 5) is 2.61. The minimum atomic E-state index is -3.15. The third-order valence-corrected chi connectivity index (χ3v) is 5.17. The van der Waals surface area contributed by atoms with E-state index in [2.05, 4.69) is 20.8 Å². The molecule has 0 amide bonds. The minimum absolute atomic E-state index is 0.440. The molecule has 0 aromatic heterocycles. The van der Waals surface area contributed by atoms with Crippen molar-refractivity contribution >= 4 is 31.5 Å². The highest BCUT2D eigenvalue weighted by atomic mass is 79.9. The molecule has 0 bridgehead atoms. The summed E-state index contributed by atoms with van der Waals surface area (Å²) >= 11 is 3.49. The number of benzene rings is 1. The Balaban J connectivity index is 2.34. The monoisotopic (exact) mass is 317 g/mol. The average molecular weight is 318 g/mol. The van der Waals surface area contributed by atoms with Crippen LogP contribution in [0.3, 0.4) is 0 Å². The molecule has 1 aliphatic heterocycles. The zero-order chi connectivity index (χ0) is 12.5. The number of para-hydroxylation sites is 1. The Hall–Kier alpha value is -0.550. The van der Waals surface area contributed by atoms with E-state index in [9.17, 15) is 8.42 Å². The molecule has 0 radical (unpaired) electrons. The van der Waals surface area contributed by atoms with Crippen LogP contribution in [0.2, 0.25) is 0 Å². The molecule has 1 aromatic rings. The third kappa shape index (κ3) is 2.83. The molecule has 5 heteroatoms. The van der Waals surface area contributed by atoms with Gasteiger partial charge < -0.3 is 4.90 Å². The molecule has 0 spiro atoms. The van der Waals surface area contributed by atoms with Gasteiger partial charge in [-0.15, -0.1) is 0 Å². The summed E-state index contributed by atoms with van der Waals surface area (Å²) in [6.45, 7) is 1.86. The predicted octanol–water partition coefficient (Wildman–Crippen LogP) is 2.31. The standard InChI is InChI=1S/C12H16BrNO2S/c1-17(15,16)12-5-3-2-4-11(12)14-7-6-10(8-13)9-14/h2-5,10H,6-9H2,1H3. The van der Waals surface area contributed by atoms with Crippen molar-refractivity contribution in [2.45, 2.75) is 11.3 Å². The number of nitrogens with zero attached hydrogens (tertiary/aromatic N) is 1. The molecule has 1 saturated heterocycles. The molecule has 94 valence electrons. The Bertz CT molecular complexity index is 501. The summed E-state index contributed by atoms with van der Waals surface area (Å²) in [6, 6.07) is 7.25. The van der Waals surface area contributed by atoms with E-state index >= 15 is 0 Å². The van der Waals surface area contributed by atoms with Crippen LogP contribution < -0.4 is 4.90 Å². The van der Waals surface area contributed by atoms with Crippen LogP contribution >= 0.6 is 15.9 Å². The van der Waals surface area contributed by atoms with Crippen molar-refractivity contribution < 1.29 is 8.42 Å². The fourth-order valence-corrected chi connectivity index (χ4v) is 3.64. The Morgan fingerprint density at radius 2 is 2.12 bits per heavy atom. The van der Waals surface area contributed by atoms with E-state index in [1.807, 2.05) is 12.1 Å². The second kappa shape index (κ2) is 4.98. The first-order valence-electron chi connectivity index (χ1n) is 5.62. The van der Waals surface area contributed by atoms with Crippen LogP contribution in [-0.2, 0) is 9.84 Å². The van der Waals surface area contributed by atoms with Crippen molar-refractivity contribution in [2.24, 2.45) is 5.92 Å². The largest absolute Gasteiger partial charge is 0.370 e. The van der Waals surface area contributed by atoms with Gasteiger partial charge in [-0.2, -0.15) is 0 Å². The minimum Gasteiger partial charge on any atom is -0.370 e. The topological polar surface area (TPSA) is 37.4 Å². The highest BCUT2D eigenvalue weighted by Gasteiger charge is 2.25. The van der Waals surface area contributed by atoms with Gasteiger partial charge in [-0.1, -0.05) is 28.1 Å². The maximum Gasteiger partial charge on any atom is 0.177 e. The molecule has 1 aromatic carbocycles. The number of hydrogen-bond donors (Lipinski definition) is 0. The summed E-state index contributed by atoms with van der Waals surface area (Å²) in [6.07, 6.45) is 2.38. The second-order valence-electron chi connectivity index (χ2n) is 4.49. The van der Waals surface area contributed by atoms with Crippen molar-refractivity contribution in [1.82, 2.24) is 0 Å². The zero-order valence-electron chi connectivity index (χ0n) is 9.77. The lowest BCUT2D eigenvalue weighted by Gasteiger charge is -2.21. The first-order valence-corrected chi connectivity index (χ1v) is 8.63. The first kappa shape index (κ1) is 12.9. The highest BCUT2D eigenvalue weighted by Crippen LogP contribution is 2.30. The normalized spacial score (nSPS) is 20.8. The van der Waals surface area contributed by atoms with Gasteiger partial charge in [-0.3, -0.25) is 0 Å². The van der Waals surface area contributed by atoms with Crippen LogP contribution in [-0.4, -0.2) is 33.1 Å². The van der Waals surface area contributed by atoms with Crippen LogP contribution in [0.1, 0.15) is 6.42 Å². The Morgan fingerprint density at radius 3 is 2.71 bits per heavy atom. The van der Waals surface area contributed by atoms with Gasteiger partial charge in [-0.25, -0.2) is 8.42 Å². The predicted molar refractivity (Wildman–Crippen MR) is 73.7 cm³/mol.